The van der Waals surface area contributed by atoms with Gasteiger partial charge in [0.05, 0.1) is 12.7 Å². The van der Waals surface area contributed by atoms with E-state index in [9.17, 15) is 14.4 Å². The Bertz CT molecular complexity index is 571. The predicted octanol–water partition coefficient (Wildman–Crippen LogP) is 1.15. The van der Waals surface area contributed by atoms with E-state index in [1.54, 1.807) is 24.3 Å². The average Bonchev–Trinajstić information content (AvgIpc) is 2.76. The molecule has 118 valence electrons. The summed E-state index contributed by atoms with van der Waals surface area (Å²) in [6.07, 6.45) is 2.75. The molecule has 1 unspecified atom stereocenters. The molecule has 6 nitrogen and oxygen atoms in total. The predicted molar refractivity (Wildman–Crippen MR) is 80.0 cm³/mol. The van der Waals surface area contributed by atoms with Gasteiger partial charge in [0.15, 0.2) is 0 Å². The zero-order chi connectivity index (χ0) is 15.9. The van der Waals surface area contributed by atoms with Crippen LogP contribution in [0.25, 0.3) is 0 Å². The van der Waals surface area contributed by atoms with Crippen molar-refractivity contribution in [1.29, 1.82) is 0 Å². The van der Waals surface area contributed by atoms with E-state index in [0.717, 1.165) is 12.8 Å². The van der Waals surface area contributed by atoms with E-state index >= 15 is 0 Å². The maximum absolute atomic E-state index is 12.2. The molecule has 1 atom stereocenters. The van der Waals surface area contributed by atoms with Crippen LogP contribution in [0.2, 0.25) is 0 Å². The van der Waals surface area contributed by atoms with Crippen LogP contribution in [0.5, 0.6) is 0 Å². The molecule has 1 heterocycles. The first-order valence-electron chi connectivity index (χ1n) is 7.35. The van der Waals surface area contributed by atoms with Crippen molar-refractivity contribution >= 4 is 17.8 Å². The molecule has 2 N–H and O–H groups in total. The van der Waals surface area contributed by atoms with Crippen molar-refractivity contribution in [3.63, 3.8) is 0 Å². The Hall–Kier alpha value is -2.37. The molecule has 0 aliphatic carbocycles. The van der Waals surface area contributed by atoms with Crippen LogP contribution in [-0.4, -0.2) is 30.9 Å². The molecule has 2 rings (SSSR count). The van der Waals surface area contributed by atoms with Crippen molar-refractivity contribution in [2.24, 2.45) is 0 Å². The van der Waals surface area contributed by atoms with Crippen LogP contribution in [0.3, 0.4) is 0 Å². The van der Waals surface area contributed by atoms with Crippen molar-refractivity contribution in [3.05, 3.63) is 35.4 Å². The van der Waals surface area contributed by atoms with Crippen molar-refractivity contribution in [3.8, 4) is 0 Å². The summed E-state index contributed by atoms with van der Waals surface area (Å²) in [4.78, 5) is 35.4. The lowest BCUT2D eigenvalue weighted by molar-refractivity contribution is -0.128. The van der Waals surface area contributed by atoms with Gasteiger partial charge < -0.3 is 15.4 Å². The number of carbonyl (C=O) groups excluding carboxylic acids is 3. The van der Waals surface area contributed by atoms with Gasteiger partial charge in [-0.1, -0.05) is 24.6 Å². The number of nitrogens with one attached hydrogen (secondary N) is 2. The van der Waals surface area contributed by atoms with Crippen LogP contribution in [-0.2, 0) is 20.9 Å². The van der Waals surface area contributed by atoms with Gasteiger partial charge in [-0.2, -0.15) is 0 Å². The summed E-state index contributed by atoms with van der Waals surface area (Å²) in [5.74, 6) is -0.754. The third kappa shape index (κ3) is 4.07. The highest BCUT2D eigenvalue weighted by Gasteiger charge is 2.23. The molecule has 2 amide bonds. The van der Waals surface area contributed by atoms with Crippen LogP contribution < -0.4 is 10.6 Å². The van der Waals surface area contributed by atoms with E-state index in [4.69, 9.17) is 4.74 Å². The highest BCUT2D eigenvalue weighted by atomic mass is 16.5. The summed E-state index contributed by atoms with van der Waals surface area (Å²) in [5.41, 5.74) is 1.11. The fourth-order valence-corrected chi connectivity index (χ4v) is 2.46. The molecule has 0 radical (unpaired) electrons. The molecule has 1 aromatic carbocycles. The summed E-state index contributed by atoms with van der Waals surface area (Å²) in [5, 5.41) is 5.50. The van der Waals surface area contributed by atoms with Crippen LogP contribution in [0.4, 0.5) is 0 Å². The van der Waals surface area contributed by atoms with Gasteiger partial charge in [0.25, 0.3) is 0 Å². The zero-order valence-corrected chi connectivity index (χ0v) is 12.6. The Kier molecular flexibility index (Phi) is 5.52. The molecule has 1 aromatic rings. The summed E-state index contributed by atoms with van der Waals surface area (Å²) >= 11 is 0. The lowest BCUT2D eigenvalue weighted by atomic mass is 10.1. The van der Waals surface area contributed by atoms with Gasteiger partial charge in [0.2, 0.25) is 11.8 Å². The molecular weight excluding hydrogens is 284 g/mol. The number of carbonyl (C=O) groups is 3. The van der Waals surface area contributed by atoms with Gasteiger partial charge in [-0.3, -0.25) is 9.59 Å². The van der Waals surface area contributed by atoms with Gasteiger partial charge in [0.1, 0.15) is 6.04 Å². The standard InChI is InChI=1S/C16H20N2O4/c1-22-16(21)12-7-3-2-6-11(12)10-17-15(20)13-8-4-5-9-14(19)18-13/h2-3,6-7,13H,4-5,8-10H2,1H3,(H,17,20)(H,18,19). The molecule has 6 heteroatoms. The third-order valence-electron chi connectivity index (χ3n) is 3.67. The van der Waals surface area contributed by atoms with Gasteiger partial charge >= 0.3 is 5.97 Å². The fraction of sp³-hybridized carbons (Fsp3) is 0.438. The van der Waals surface area contributed by atoms with Gasteiger partial charge in [-0.15, -0.1) is 0 Å². The lowest BCUT2D eigenvalue weighted by Gasteiger charge is -2.16. The number of ether oxygens (including phenoxy) is 1. The Morgan fingerprint density at radius 1 is 1.32 bits per heavy atom. The lowest BCUT2D eigenvalue weighted by Crippen LogP contribution is -2.45. The molecular formula is C16H20N2O4. The molecule has 0 spiro atoms. The number of hydrogen-bond acceptors (Lipinski definition) is 4. The molecule has 1 aliphatic rings. The summed E-state index contributed by atoms with van der Waals surface area (Å²) < 4.78 is 4.72. The number of rotatable bonds is 4. The quantitative estimate of drug-likeness (QED) is 0.817. The van der Waals surface area contributed by atoms with Crippen LogP contribution in [0.1, 0.15) is 41.6 Å². The van der Waals surface area contributed by atoms with Crippen LogP contribution >= 0.6 is 0 Å². The van der Waals surface area contributed by atoms with Crippen molar-refractivity contribution in [2.45, 2.75) is 38.3 Å². The second-order valence-corrected chi connectivity index (χ2v) is 5.23. The maximum atomic E-state index is 12.2. The highest BCUT2D eigenvalue weighted by Crippen LogP contribution is 2.12. The molecule has 1 saturated heterocycles. The Morgan fingerprint density at radius 2 is 2.09 bits per heavy atom. The Balaban J connectivity index is 1.99. The number of amides is 2. The fourth-order valence-electron chi connectivity index (χ4n) is 2.46. The van der Waals surface area contributed by atoms with Crippen molar-refractivity contribution < 1.29 is 19.1 Å². The summed E-state index contributed by atoms with van der Waals surface area (Å²) in [6.45, 7) is 0.219. The van der Waals surface area contributed by atoms with E-state index in [0.29, 0.717) is 24.0 Å². The highest BCUT2D eigenvalue weighted by molar-refractivity contribution is 5.91. The third-order valence-corrected chi connectivity index (χ3v) is 3.67. The topological polar surface area (TPSA) is 84.5 Å². The minimum atomic E-state index is -0.500. The van der Waals surface area contributed by atoms with E-state index in [1.807, 2.05) is 0 Å². The normalized spacial score (nSPS) is 18.0. The number of benzene rings is 1. The number of esters is 1. The molecule has 22 heavy (non-hydrogen) atoms. The second-order valence-electron chi connectivity index (χ2n) is 5.23. The second kappa shape index (κ2) is 7.59. The maximum Gasteiger partial charge on any atom is 0.338 e. The van der Waals surface area contributed by atoms with E-state index < -0.39 is 12.0 Å². The Morgan fingerprint density at radius 3 is 2.86 bits per heavy atom. The zero-order valence-electron chi connectivity index (χ0n) is 12.6. The van der Waals surface area contributed by atoms with Crippen molar-refractivity contribution in [1.82, 2.24) is 10.6 Å². The summed E-state index contributed by atoms with van der Waals surface area (Å²) in [7, 11) is 1.32. The molecule has 1 aliphatic heterocycles. The molecule has 0 saturated carbocycles. The largest absolute Gasteiger partial charge is 0.465 e. The number of hydrogen-bond donors (Lipinski definition) is 2. The monoisotopic (exact) mass is 304 g/mol. The molecule has 0 bridgehead atoms. The minimum absolute atomic E-state index is 0.0902. The van der Waals surface area contributed by atoms with Gasteiger partial charge in [0, 0.05) is 13.0 Å². The smallest absolute Gasteiger partial charge is 0.338 e. The van der Waals surface area contributed by atoms with E-state index in [2.05, 4.69) is 10.6 Å². The first kappa shape index (κ1) is 16.0. The first-order valence-corrected chi connectivity index (χ1v) is 7.35. The summed E-state index contributed by atoms with van der Waals surface area (Å²) in [6, 6.07) is 6.45. The average molecular weight is 304 g/mol. The van der Waals surface area contributed by atoms with Gasteiger partial charge in [-0.05, 0) is 24.5 Å². The molecule has 0 aromatic heterocycles. The van der Waals surface area contributed by atoms with E-state index in [1.165, 1.54) is 7.11 Å². The van der Waals surface area contributed by atoms with Crippen LogP contribution in [0, 0.1) is 0 Å². The SMILES string of the molecule is COC(=O)c1ccccc1CNC(=O)C1CCCCC(=O)N1. The van der Waals surface area contributed by atoms with Crippen molar-refractivity contribution in [2.75, 3.05) is 7.11 Å². The first-order chi connectivity index (χ1) is 10.6. The Labute approximate surface area is 129 Å². The van der Waals surface area contributed by atoms with Gasteiger partial charge in [-0.25, -0.2) is 4.79 Å². The molecule has 1 fully saturated rings. The number of methoxy groups -OCH3 is 1. The minimum Gasteiger partial charge on any atom is -0.465 e. The van der Waals surface area contributed by atoms with Crippen LogP contribution in [0.15, 0.2) is 24.3 Å². The van der Waals surface area contributed by atoms with E-state index in [-0.39, 0.29) is 18.4 Å².